The van der Waals surface area contributed by atoms with E-state index in [1.165, 1.54) is 25.9 Å². The fraction of sp³-hybridized carbons (Fsp3) is 0.632. The van der Waals surface area contributed by atoms with Crippen LogP contribution in [0.15, 0.2) is 18.2 Å². The standard InChI is InChI=1S/C19H29N5O2/c1-3-21(4-2)13-14-23-18-8-7-16(24(25)26)15-17(18)20-19(23)9-12-22-10-5-6-11-22/h7-8,15H,3-6,9-14H2,1-2H3. The highest BCUT2D eigenvalue weighted by Crippen LogP contribution is 2.23. The fourth-order valence-corrected chi connectivity index (χ4v) is 3.77. The second kappa shape index (κ2) is 8.60. The SMILES string of the molecule is CCN(CC)CCn1c(CCN2CCCC2)nc2cc([N+](=O)[O-])ccc21. The lowest BCUT2D eigenvalue weighted by Crippen LogP contribution is -2.28. The molecular weight excluding hydrogens is 330 g/mol. The number of nitrogens with zero attached hydrogens (tertiary/aromatic N) is 5. The Balaban J connectivity index is 1.85. The van der Waals surface area contributed by atoms with Gasteiger partial charge in [0.2, 0.25) is 0 Å². The van der Waals surface area contributed by atoms with E-state index in [2.05, 4.69) is 28.2 Å². The number of likely N-dealkylation sites (N-methyl/N-ethyl adjacent to an activating group) is 1. The topological polar surface area (TPSA) is 67.4 Å². The maximum absolute atomic E-state index is 11.1. The van der Waals surface area contributed by atoms with Crippen molar-refractivity contribution in [1.82, 2.24) is 19.4 Å². The second-order valence-corrected chi connectivity index (χ2v) is 6.94. The molecular formula is C19H29N5O2. The summed E-state index contributed by atoms with van der Waals surface area (Å²) in [5.41, 5.74) is 1.84. The first-order valence-electron chi connectivity index (χ1n) is 9.70. The van der Waals surface area contributed by atoms with E-state index in [-0.39, 0.29) is 10.6 Å². The third kappa shape index (κ3) is 4.22. The summed E-state index contributed by atoms with van der Waals surface area (Å²) in [5.74, 6) is 1.04. The summed E-state index contributed by atoms with van der Waals surface area (Å²) in [5, 5.41) is 11.1. The summed E-state index contributed by atoms with van der Waals surface area (Å²) in [4.78, 5) is 20.4. The number of non-ortho nitro benzene ring substituents is 1. The minimum absolute atomic E-state index is 0.108. The van der Waals surface area contributed by atoms with E-state index in [1.807, 2.05) is 6.07 Å². The quantitative estimate of drug-likeness (QED) is 0.509. The Morgan fingerprint density at radius 2 is 1.92 bits per heavy atom. The average Bonchev–Trinajstić information content (AvgIpc) is 3.27. The van der Waals surface area contributed by atoms with Crippen LogP contribution in [0, 0.1) is 10.1 Å². The van der Waals surface area contributed by atoms with Gasteiger partial charge in [0.15, 0.2) is 0 Å². The van der Waals surface area contributed by atoms with E-state index >= 15 is 0 Å². The third-order valence-electron chi connectivity index (χ3n) is 5.41. The van der Waals surface area contributed by atoms with Crippen molar-refractivity contribution < 1.29 is 4.92 Å². The van der Waals surface area contributed by atoms with Gasteiger partial charge < -0.3 is 14.4 Å². The zero-order chi connectivity index (χ0) is 18.5. The largest absolute Gasteiger partial charge is 0.327 e. The van der Waals surface area contributed by atoms with Crippen LogP contribution in [0.1, 0.15) is 32.5 Å². The van der Waals surface area contributed by atoms with Crippen molar-refractivity contribution in [3.8, 4) is 0 Å². The van der Waals surface area contributed by atoms with E-state index in [9.17, 15) is 10.1 Å². The summed E-state index contributed by atoms with van der Waals surface area (Å²) >= 11 is 0. The molecule has 142 valence electrons. The molecule has 0 spiro atoms. The molecule has 0 atom stereocenters. The highest BCUT2D eigenvalue weighted by Gasteiger charge is 2.17. The molecule has 2 aromatic rings. The lowest BCUT2D eigenvalue weighted by atomic mass is 10.3. The maximum Gasteiger partial charge on any atom is 0.271 e. The number of benzene rings is 1. The predicted octanol–water partition coefficient (Wildman–Crippen LogP) is 2.92. The van der Waals surface area contributed by atoms with Crippen LogP contribution in [0.4, 0.5) is 5.69 Å². The van der Waals surface area contributed by atoms with Crippen molar-refractivity contribution in [2.45, 2.75) is 39.7 Å². The molecule has 7 heteroatoms. The van der Waals surface area contributed by atoms with Crippen LogP contribution in [-0.4, -0.2) is 63.5 Å². The van der Waals surface area contributed by atoms with Gasteiger partial charge in [-0.05, 0) is 45.1 Å². The zero-order valence-corrected chi connectivity index (χ0v) is 15.9. The van der Waals surface area contributed by atoms with Crippen molar-refractivity contribution in [3.05, 3.63) is 34.1 Å². The van der Waals surface area contributed by atoms with Gasteiger partial charge in [-0.15, -0.1) is 0 Å². The van der Waals surface area contributed by atoms with Crippen LogP contribution in [0.2, 0.25) is 0 Å². The lowest BCUT2D eigenvalue weighted by molar-refractivity contribution is -0.384. The molecule has 7 nitrogen and oxygen atoms in total. The summed E-state index contributed by atoms with van der Waals surface area (Å²) < 4.78 is 2.26. The molecule has 1 saturated heterocycles. The first-order chi connectivity index (χ1) is 12.6. The number of nitro groups is 1. The molecule has 2 heterocycles. The van der Waals surface area contributed by atoms with Gasteiger partial charge in [-0.1, -0.05) is 13.8 Å². The van der Waals surface area contributed by atoms with E-state index < -0.39 is 0 Å². The van der Waals surface area contributed by atoms with E-state index in [0.717, 1.165) is 56.0 Å². The van der Waals surface area contributed by atoms with Crippen molar-refractivity contribution in [2.24, 2.45) is 0 Å². The molecule has 0 aliphatic carbocycles. The normalized spacial score (nSPS) is 15.3. The molecule has 0 saturated carbocycles. The van der Waals surface area contributed by atoms with Gasteiger partial charge in [-0.25, -0.2) is 4.98 Å². The van der Waals surface area contributed by atoms with Gasteiger partial charge in [0, 0.05) is 38.2 Å². The van der Waals surface area contributed by atoms with E-state index in [4.69, 9.17) is 4.98 Å². The summed E-state index contributed by atoms with van der Waals surface area (Å²) in [7, 11) is 0. The van der Waals surface area contributed by atoms with Gasteiger partial charge in [-0.3, -0.25) is 10.1 Å². The number of imidazole rings is 1. The molecule has 0 radical (unpaired) electrons. The third-order valence-corrected chi connectivity index (χ3v) is 5.41. The Labute approximate surface area is 154 Å². The highest BCUT2D eigenvalue weighted by atomic mass is 16.6. The first kappa shape index (κ1) is 18.8. The number of nitro benzene ring substituents is 1. The second-order valence-electron chi connectivity index (χ2n) is 6.94. The molecule has 0 amide bonds. The number of hydrogen-bond donors (Lipinski definition) is 0. The van der Waals surface area contributed by atoms with Crippen molar-refractivity contribution in [2.75, 3.05) is 39.3 Å². The Morgan fingerprint density at radius 1 is 1.19 bits per heavy atom. The van der Waals surface area contributed by atoms with Gasteiger partial charge in [0.05, 0.1) is 16.0 Å². The van der Waals surface area contributed by atoms with Crippen LogP contribution in [0.25, 0.3) is 11.0 Å². The predicted molar refractivity (Wildman–Crippen MR) is 104 cm³/mol. The molecule has 1 aromatic carbocycles. The smallest absolute Gasteiger partial charge is 0.271 e. The average molecular weight is 359 g/mol. The zero-order valence-electron chi connectivity index (χ0n) is 15.9. The molecule has 1 fully saturated rings. The number of fused-ring (bicyclic) bond motifs is 1. The monoisotopic (exact) mass is 359 g/mol. The lowest BCUT2D eigenvalue weighted by Gasteiger charge is -2.20. The molecule has 1 aliphatic heterocycles. The fourth-order valence-electron chi connectivity index (χ4n) is 3.77. The Morgan fingerprint density at radius 3 is 2.58 bits per heavy atom. The maximum atomic E-state index is 11.1. The van der Waals surface area contributed by atoms with Crippen LogP contribution in [0.3, 0.4) is 0 Å². The van der Waals surface area contributed by atoms with Crippen LogP contribution in [-0.2, 0) is 13.0 Å². The number of rotatable bonds is 9. The van der Waals surface area contributed by atoms with Crippen molar-refractivity contribution >= 4 is 16.7 Å². The Bertz CT molecular complexity index is 748. The Hall–Kier alpha value is -1.99. The molecule has 0 N–H and O–H groups in total. The molecule has 0 bridgehead atoms. The number of hydrogen-bond acceptors (Lipinski definition) is 5. The van der Waals surface area contributed by atoms with Gasteiger partial charge >= 0.3 is 0 Å². The van der Waals surface area contributed by atoms with Crippen LogP contribution >= 0.6 is 0 Å². The molecule has 1 aliphatic rings. The summed E-state index contributed by atoms with van der Waals surface area (Å²) in [6.45, 7) is 11.6. The number of likely N-dealkylation sites (tertiary alicyclic amines) is 1. The molecule has 26 heavy (non-hydrogen) atoms. The Kier molecular flexibility index (Phi) is 6.21. The van der Waals surface area contributed by atoms with Gasteiger partial charge in [-0.2, -0.15) is 0 Å². The number of aromatic nitrogens is 2. The van der Waals surface area contributed by atoms with Crippen LogP contribution < -0.4 is 0 Å². The molecule has 3 rings (SSSR count). The first-order valence-corrected chi connectivity index (χ1v) is 9.70. The minimum atomic E-state index is -0.349. The highest BCUT2D eigenvalue weighted by molar-refractivity contribution is 5.78. The summed E-state index contributed by atoms with van der Waals surface area (Å²) in [6, 6.07) is 5.03. The minimum Gasteiger partial charge on any atom is -0.327 e. The van der Waals surface area contributed by atoms with E-state index in [0.29, 0.717) is 0 Å². The summed E-state index contributed by atoms with van der Waals surface area (Å²) in [6.07, 6.45) is 3.45. The van der Waals surface area contributed by atoms with Crippen LogP contribution in [0.5, 0.6) is 0 Å². The van der Waals surface area contributed by atoms with Crippen molar-refractivity contribution in [3.63, 3.8) is 0 Å². The molecule has 0 unspecified atom stereocenters. The van der Waals surface area contributed by atoms with E-state index in [1.54, 1.807) is 12.1 Å². The molecule has 1 aromatic heterocycles. The van der Waals surface area contributed by atoms with Gasteiger partial charge in [0.1, 0.15) is 5.82 Å². The van der Waals surface area contributed by atoms with Crippen molar-refractivity contribution in [1.29, 1.82) is 0 Å². The van der Waals surface area contributed by atoms with Gasteiger partial charge in [0.25, 0.3) is 5.69 Å².